The van der Waals surface area contributed by atoms with Gasteiger partial charge in [-0.1, -0.05) is 30.3 Å². The second-order valence-electron chi connectivity index (χ2n) is 7.75. The molecule has 1 heterocycles. The number of halogens is 2. The van der Waals surface area contributed by atoms with Crippen LogP contribution in [0.25, 0.3) is 0 Å². The quantitative estimate of drug-likeness (QED) is 0.510. The molecule has 8 heteroatoms. The van der Waals surface area contributed by atoms with Gasteiger partial charge in [0, 0.05) is 16.9 Å². The highest BCUT2D eigenvalue weighted by Gasteiger charge is 2.40. The first kappa shape index (κ1) is 22.6. The molecule has 4 rings (SSSR count). The summed E-state index contributed by atoms with van der Waals surface area (Å²) in [4.78, 5) is 26.3. The van der Waals surface area contributed by atoms with E-state index in [0.29, 0.717) is 19.3 Å². The van der Waals surface area contributed by atoms with Crippen molar-refractivity contribution in [2.45, 2.75) is 31.6 Å². The lowest BCUT2D eigenvalue weighted by atomic mass is 9.70. The third-order valence-corrected chi connectivity index (χ3v) is 6.93. The maximum absolute atomic E-state index is 13.6. The second kappa shape index (κ2) is 9.12. The Morgan fingerprint density at radius 3 is 2.61 bits per heavy atom. The van der Waals surface area contributed by atoms with Gasteiger partial charge in [-0.3, -0.25) is 4.79 Å². The van der Waals surface area contributed by atoms with E-state index >= 15 is 0 Å². The Kier molecular flexibility index (Phi) is 6.25. The molecule has 1 aromatic heterocycles. The first-order chi connectivity index (χ1) is 15.9. The molecule has 5 nitrogen and oxygen atoms in total. The van der Waals surface area contributed by atoms with E-state index in [4.69, 9.17) is 4.74 Å². The molecule has 0 spiro atoms. The number of ether oxygens (including phenoxy) is 1. The number of hydrogen-bond donors (Lipinski definition) is 1. The molecule has 168 valence electrons. The third-order valence-electron chi connectivity index (χ3n) is 5.78. The maximum Gasteiger partial charge on any atom is 0.341 e. The van der Waals surface area contributed by atoms with Gasteiger partial charge in [0.25, 0.3) is 5.91 Å². The molecule has 0 bridgehead atoms. The number of benzene rings is 2. The van der Waals surface area contributed by atoms with Crippen LogP contribution in [0.3, 0.4) is 0 Å². The highest BCUT2D eigenvalue weighted by atomic mass is 32.1. The van der Waals surface area contributed by atoms with Crippen LogP contribution in [-0.4, -0.2) is 18.5 Å². The fourth-order valence-corrected chi connectivity index (χ4v) is 5.45. The summed E-state index contributed by atoms with van der Waals surface area (Å²) < 4.78 is 32.1. The summed E-state index contributed by atoms with van der Waals surface area (Å²) in [6.45, 7) is 1.85. The SMILES string of the molecule is CCOC(=O)c1c(NC(=O)c2ccc(F)c(F)c2)sc2c1CCC(C#N)(c1ccccc1)C2. The number of carbonyl (C=O) groups is 2. The van der Waals surface area contributed by atoms with Crippen molar-refractivity contribution in [1.82, 2.24) is 0 Å². The minimum Gasteiger partial charge on any atom is -0.462 e. The number of hydrogen-bond acceptors (Lipinski definition) is 5. The van der Waals surface area contributed by atoms with Crippen molar-refractivity contribution in [2.75, 3.05) is 11.9 Å². The van der Waals surface area contributed by atoms with Gasteiger partial charge in [-0.15, -0.1) is 11.3 Å². The third kappa shape index (κ3) is 4.24. The van der Waals surface area contributed by atoms with Crippen molar-refractivity contribution in [3.63, 3.8) is 0 Å². The topological polar surface area (TPSA) is 79.2 Å². The Labute approximate surface area is 193 Å². The molecule has 2 aromatic carbocycles. The summed E-state index contributed by atoms with van der Waals surface area (Å²) in [7, 11) is 0. The molecule has 1 aliphatic carbocycles. The zero-order chi connectivity index (χ0) is 23.6. The summed E-state index contributed by atoms with van der Waals surface area (Å²) in [6, 6.07) is 14.8. The van der Waals surface area contributed by atoms with E-state index in [1.54, 1.807) is 6.92 Å². The van der Waals surface area contributed by atoms with Crippen molar-refractivity contribution in [3.05, 3.63) is 87.3 Å². The summed E-state index contributed by atoms with van der Waals surface area (Å²) in [6.07, 6.45) is 1.37. The molecular weight excluding hydrogens is 446 g/mol. The predicted molar refractivity (Wildman–Crippen MR) is 120 cm³/mol. The first-order valence-corrected chi connectivity index (χ1v) is 11.2. The van der Waals surface area contributed by atoms with Crippen LogP contribution in [0, 0.1) is 23.0 Å². The fourth-order valence-electron chi connectivity index (χ4n) is 4.10. The Morgan fingerprint density at radius 1 is 1.18 bits per heavy atom. The molecular formula is C25H20F2N2O3S. The molecule has 0 saturated heterocycles. The van der Waals surface area contributed by atoms with Crippen LogP contribution in [0.5, 0.6) is 0 Å². The Hall–Kier alpha value is -3.57. The zero-order valence-corrected chi connectivity index (χ0v) is 18.6. The van der Waals surface area contributed by atoms with Crippen molar-refractivity contribution >= 4 is 28.2 Å². The fraction of sp³-hybridized carbons (Fsp3) is 0.240. The van der Waals surface area contributed by atoms with Crippen LogP contribution in [0.4, 0.5) is 13.8 Å². The molecule has 33 heavy (non-hydrogen) atoms. The molecule has 1 unspecified atom stereocenters. The Balaban J connectivity index is 1.72. The Bertz CT molecular complexity index is 1270. The Morgan fingerprint density at radius 2 is 1.94 bits per heavy atom. The van der Waals surface area contributed by atoms with E-state index in [2.05, 4.69) is 11.4 Å². The van der Waals surface area contributed by atoms with Gasteiger partial charge in [0.05, 0.1) is 23.7 Å². The first-order valence-electron chi connectivity index (χ1n) is 10.4. The van der Waals surface area contributed by atoms with E-state index < -0.39 is 28.9 Å². The lowest BCUT2D eigenvalue weighted by Gasteiger charge is -2.31. The molecule has 0 aliphatic heterocycles. The van der Waals surface area contributed by atoms with E-state index in [9.17, 15) is 23.6 Å². The average Bonchev–Trinajstić information content (AvgIpc) is 3.18. The van der Waals surface area contributed by atoms with E-state index in [1.807, 2.05) is 30.3 Å². The van der Waals surface area contributed by atoms with Crippen LogP contribution >= 0.6 is 11.3 Å². The standard InChI is InChI=1S/C25H20F2N2O3S/c1-2-32-24(31)21-17-10-11-25(14-28,16-6-4-3-5-7-16)13-20(17)33-23(21)29-22(30)15-8-9-18(26)19(27)12-15/h3-9,12H,2,10-11,13H2,1H3,(H,29,30). The predicted octanol–water partition coefficient (Wildman–Crippen LogP) is 5.41. The number of amides is 1. The number of rotatable bonds is 5. The van der Waals surface area contributed by atoms with E-state index in [1.165, 1.54) is 17.4 Å². The summed E-state index contributed by atoms with van der Waals surface area (Å²) in [5.41, 5.74) is 1.09. The number of nitrogens with zero attached hydrogens (tertiary/aromatic N) is 1. The molecule has 1 N–H and O–H groups in total. The largest absolute Gasteiger partial charge is 0.462 e. The van der Waals surface area contributed by atoms with Crippen molar-refractivity contribution in [2.24, 2.45) is 0 Å². The van der Waals surface area contributed by atoms with E-state index in [-0.39, 0.29) is 22.7 Å². The second-order valence-corrected chi connectivity index (χ2v) is 8.85. The van der Waals surface area contributed by atoms with Crippen LogP contribution in [0.15, 0.2) is 48.5 Å². The van der Waals surface area contributed by atoms with Gasteiger partial charge in [0.2, 0.25) is 0 Å². The number of esters is 1. The number of thiophene rings is 1. The molecule has 0 saturated carbocycles. The molecule has 1 aliphatic rings. The molecule has 1 atom stereocenters. The van der Waals surface area contributed by atoms with Gasteiger partial charge in [-0.2, -0.15) is 5.26 Å². The average molecular weight is 467 g/mol. The number of nitriles is 1. The number of fused-ring (bicyclic) bond motifs is 1. The number of anilines is 1. The molecule has 0 radical (unpaired) electrons. The van der Waals surface area contributed by atoms with Crippen molar-refractivity contribution in [1.29, 1.82) is 5.26 Å². The monoisotopic (exact) mass is 466 g/mol. The van der Waals surface area contributed by atoms with Crippen LogP contribution in [0.2, 0.25) is 0 Å². The van der Waals surface area contributed by atoms with Crippen LogP contribution in [-0.2, 0) is 23.0 Å². The van der Waals surface area contributed by atoms with E-state index in [0.717, 1.165) is 28.1 Å². The van der Waals surface area contributed by atoms with Crippen LogP contribution < -0.4 is 5.32 Å². The van der Waals surface area contributed by atoms with Gasteiger partial charge in [-0.05, 0) is 49.1 Å². The van der Waals surface area contributed by atoms with Crippen LogP contribution in [0.1, 0.15) is 50.1 Å². The molecule has 0 fully saturated rings. The maximum atomic E-state index is 13.6. The van der Waals surface area contributed by atoms with Crippen molar-refractivity contribution < 1.29 is 23.1 Å². The normalized spacial score (nSPS) is 17.0. The van der Waals surface area contributed by atoms with Gasteiger partial charge in [0.15, 0.2) is 11.6 Å². The molecule has 3 aromatic rings. The van der Waals surface area contributed by atoms with Gasteiger partial charge >= 0.3 is 5.97 Å². The lowest BCUT2D eigenvalue weighted by molar-refractivity contribution is 0.0526. The number of nitrogens with one attached hydrogen (secondary N) is 1. The highest BCUT2D eigenvalue weighted by molar-refractivity contribution is 7.17. The zero-order valence-electron chi connectivity index (χ0n) is 17.8. The summed E-state index contributed by atoms with van der Waals surface area (Å²) in [5.74, 6) is -3.44. The van der Waals surface area contributed by atoms with Gasteiger partial charge in [0.1, 0.15) is 5.00 Å². The van der Waals surface area contributed by atoms with Gasteiger partial charge < -0.3 is 10.1 Å². The molecule has 1 amide bonds. The highest BCUT2D eigenvalue weighted by Crippen LogP contribution is 2.45. The summed E-state index contributed by atoms with van der Waals surface area (Å²) in [5, 5.41) is 13.0. The van der Waals surface area contributed by atoms with Gasteiger partial charge in [-0.25, -0.2) is 13.6 Å². The van der Waals surface area contributed by atoms with Crippen molar-refractivity contribution in [3.8, 4) is 6.07 Å². The summed E-state index contributed by atoms with van der Waals surface area (Å²) >= 11 is 1.21. The minimum atomic E-state index is -1.14. The number of carbonyl (C=O) groups excluding carboxylic acids is 2. The lowest BCUT2D eigenvalue weighted by Crippen LogP contribution is -2.31. The smallest absolute Gasteiger partial charge is 0.341 e. The minimum absolute atomic E-state index is 0.0780.